The van der Waals surface area contributed by atoms with Crippen LogP contribution in [0, 0.1) is 5.92 Å². The second-order valence-electron chi connectivity index (χ2n) is 5.92. The van der Waals surface area contributed by atoms with E-state index in [0.717, 1.165) is 50.5 Å². The molecule has 1 aromatic carbocycles. The minimum atomic E-state index is -0.0620. The van der Waals surface area contributed by atoms with Gasteiger partial charge in [0.25, 0.3) is 0 Å². The fourth-order valence-electron chi connectivity index (χ4n) is 2.55. The van der Waals surface area contributed by atoms with Gasteiger partial charge in [0.1, 0.15) is 18.1 Å². The van der Waals surface area contributed by atoms with Crippen LogP contribution in [0.2, 0.25) is 0 Å². The van der Waals surface area contributed by atoms with E-state index in [1.807, 2.05) is 24.3 Å². The molecule has 2 rings (SSSR count). The van der Waals surface area contributed by atoms with Gasteiger partial charge in [-0.1, -0.05) is 6.92 Å². The van der Waals surface area contributed by atoms with Crippen molar-refractivity contribution >= 4 is 0 Å². The molecule has 0 unspecified atom stereocenters. The van der Waals surface area contributed by atoms with Crippen LogP contribution < -0.4 is 9.47 Å². The Balaban J connectivity index is 1.61. The van der Waals surface area contributed by atoms with E-state index >= 15 is 0 Å². The summed E-state index contributed by atoms with van der Waals surface area (Å²) in [5.74, 6) is 2.43. The predicted molar refractivity (Wildman–Crippen MR) is 84.0 cm³/mol. The Morgan fingerprint density at radius 3 is 2.19 bits per heavy atom. The second kappa shape index (κ2) is 8.25. The van der Waals surface area contributed by atoms with Crippen LogP contribution in [0.3, 0.4) is 0 Å². The zero-order chi connectivity index (χ0) is 15.1. The number of likely N-dealkylation sites (N-methyl/N-ethyl adjacent to an activating group) is 1. The molecule has 0 aliphatic heterocycles. The molecule has 4 heteroatoms. The third kappa shape index (κ3) is 5.56. The van der Waals surface area contributed by atoms with Gasteiger partial charge in [0, 0.05) is 13.1 Å². The standard InChI is InChI=1S/C17H27NO3/c1-3-9-20-16-4-6-17(7-5-16)21-10-8-18(2)13-14-11-15(19)12-14/h4-7,14-15,19H,3,8-13H2,1-2H3. The first-order valence-electron chi connectivity index (χ1n) is 7.89. The average Bonchev–Trinajstić information content (AvgIpc) is 2.45. The molecular weight excluding hydrogens is 266 g/mol. The number of aliphatic hydroxyl groups is 1. The number of nitrogens with zero attached hydrogens (tertiary/aromatic N) is 1. The predicted octanol–water partition coefficient (Wildman–Crippen LogP) is 2.56. The summed E-state index contributed by atoms with van der Waals surface area (Å²) in [7, 11) is 2.11. The van der Waals surface area contributed by atoms with Crippen molar-refractivity contribution in [3.63, 3.8) is 0 Å². The SMILES string of the molecule is CCCOc1ccc(OCCN(C)CC2CC(O)C2)cc1. The molecule has 1 aliphatic carbocycles. The third-order valence-electron chi connectivity index (χ3n) is 3.82. The first-order valence-corrected chi connectivity index (χ1v) is 7.89. The molecule has 0 spiro atoms. The number of rotatable bonds is 9. The van der Waals surface area contributed by atoms with E-state index in [1.165, 1.54) is 0 Å². The summed E-state index contributed by atoms with van der Waals surface area (Å²) in [6, 6.07) is 7.80. The van der Waals surface area contributed by atoms with Crippen molar-refractivity contribution in [2.75, 3.05) is 33.4 Å². The largest absolute Gasteiger partial charge is 0.494 e. The van der Waals surface area contributed by atoms with Gasteiger partial charge in [-0.2, -0.15) is 0 Å². The molecule has 118 valence electrons. The highest BCUT2D eigenvalue weighted by molar-refractivity contribution is 5.31. The van der Waals surface area contributed by atoms with Gasteiger partial charge in [-0.3, -0.25) is 0 Å². The van der Waals surface area contributed by atoms with Gasteiger partial charge < -0.3 is 19.5 Å². The Bertz CT molecular complexity index is 401. The lowest BCUT2D eigenvalue weighted by molar-refractivity contribution is 0.0269. The fraction of sp³-hybridized carbons (Fsp3) is 0.647. The number of hydrogen-bond donors (Lipinski definition) is 1. The van der Waals surface area contributed by atoms with Gasteiger partial charge in [0.15, 0.2) is 0 Å². The smallest absolute Gasteiger partial charge is 0.119 e. The second-order valence-corrected chi connectivity index (χ2v) is 5.92. The van der Waals surface area contributed by atoms with Crippen LogP contribution in [0.4, 0.5) is 0 Å². The molecular formula is C17H27NO3. The van der Waals surface area contributed by atoms with Crippen molar-refractivity contribution in [1.82, 2.24) is 4.90 Å². The van der Waals surface area contributed by atoms with Crippen LogP contribution in [-0.2, 0) is 0 Å². The first-order chi connectivity index (χ1) is 10.2. The first kappa shape index (κ1) is 16.1. The number of ether oxygens (including phenoxy) is 2. The minimum Gasteiger partial charge on any atom is -0.494 e. The summed E-state index contributed by atoms with van der Waals surface area (Å²) < 4.78 is 11.3. The number of benzene rings is 1. The van der Waals surface area contributed by atoms with Crippen molar-refractivity contribution in [2.45, 2.75) is 32.3 Å². The lowest BCUT2D eigenvalue weighted by Gasteiger charge is -2.34. The van der Waals surface area contributed by atoms with E-state index in [1.54, 1.807) is 0 Å². The lowest BCUT2D eigenvalue weighted by Crippen LogP contribution is -2.38. The van der Waals surface area contributed by atoms with Gasteiger partial charge in [-0.25, -0.2) is 0 Å². The van der Waals surface area contributed by atoms with Crippen molar-refractivity contribution in [3.05, 3.63) is 24.3 Å². The van der Waals surface area contributed by atoms with Gasteiger partial charge in [0.05, 0.1) is 12.7 Å². The zero-order valence-corrected chi connectivity index (χ0v) is 13.1. The van der Waals surface area contributed by atoms with Crippen molar-refractivity contribution in [3.8, 4) is 11.5 Å². The minimum absolute atomic E-state index is 0.0620. The average molecular weight is 293 g/mol. The molecule has 0 radical (unpaired) electrons. The quantitative estimate of drug-likeness (QED) is 0.760. The lowest BCUT2D eigenvalue weighted by atomic mass is 9.82. The van der Waals surface area contributed by atoms with Crippen LogP contribution in [0.1, 0.15) is 26.2 Å². The molecule has 1 aromatic rings. The van der Waals surface area contributed by atoms with Crippen molar-refractivity contribution < 1.29 is 14.6 Å². The van der Waals surface area contributed by atoms with Crippen LogP contribution in [-0.4, -0.2) is 49.5 Å². The molecule has 0 atom stereocenters. The fourth-order valence-corrected chi connectivity index (χ4v) is 2.55. The van der Waals surface area contributed by atoms with Crippen molar-refractivity contribution in [1.29, 1.82) is 0 Å². The van der Waals surface area contributed by atoms with E-state index in [2.05, 4.69) is 18.9 Å². The molecule has 1 fully saturated rings. The van der Waals surface area contributed by atoms with Gasteiger partial charge in [-0.15, -0.1) is 0 Å². The molecule has 1 N–H and O–H groups in total. The summed E-state index contributed by atoms with van der Waals surface area (Å²) in [5, 5.41) is 9.28. The maximum absolute atomic E-state index is 9.28. The van der Waals surface area contributed by atoms with E-state index in [0.29, 0.717) is 12.5 Å². The Morgan fingerprint density at radius 2 is 1.67 bits per heavy atom. The summed E-state index contributed by atoms with van der Waals surface area (Å²) in [6.45, 7) is 5.48. The molecule has 0 heterocycles. The van der Waals surface area contributed by atoms with E-state index < -0.39 is 0 Å². The Labute approximate surface area is 127 Å². The summed E-state index contributed by atoms with van der Waals surface area (Å²) in [4.78, 5) is 2.27. The molecule has 0 bridgehead atoms. The topological polar surface area (TPSA) is 41.9 Å². The number of hydrogen-bond acceptors (Lipinski definition) is 4. The van der Waals surface area contributed by atoms with Gasteiger partial charge in [0.2, 0.25) is 0 Å². The molecule has 0 aromatic heterocycles. The monoisotopic (exact) mass is 293 g/mol. The van der Waals surface area contributed by atoms with Crippen LogP contribution in [0.5, 0.6) is 11.5 Å². The van der Waals surface area contributed by atoms with E-state index in [4.69, 9.17) is 9.47 Å². The summed E-state index contributed by atoms with van der Waals surface area (Å²) >= 11 is 0. The van der Waals surface area contributed by atoms with Crippen LogP contribution in [0.15, 0.2) is 24.3 Å². The molecule has 0 saturated heterocycles. The normalized spacial score (nSPS) is 21.1. The Kier molecular flexibility index (Phi) is 6.33. The highest BCUT2D eigenvalue weighted by Crippen LogP contribution is 2.27. The molecule has 21 heavy (non-hydrogen) atoms. The molecule has 1 aliphatic rings. The van der Waals surface area contributed by atoms with Crippen LogP contribution >= 0.6 is 0 Å². The zero-order valence-electron chi connectivity index (χ0n) is 13.1. The maximum Gasteiger partial charge on any atom is 0.119 e. The summed E-state index contributed by atoms with van der Waals surface area (Å²) in [5.41, 5.74) is 0. The Morgan fingerprint density at radius 1 is 1.10 bits per heavy atom. The third-order valence-corrected chi connectivity index (χ3v) is 3.82. The highest BCUT2D eigenvalue weighted by atomic mass is 16.5. The molecule has 1 saturated carbocycles. The van der Waals surface area contributed by atoms with Gasteiger partial charge in [-0.05, 0) is 56.5 Å². The number of aliphatic hydroxyl groups excluding tert-OH is 1. The summed E-state index contributed by atoms with van der Waals surface area (Å²) in [6.07, 6.45) is 2.85. The Hall–Kier alpha value is -1.26. The highest BCUT2D eigenvalue weighted by Gasteiger charge is 2.27. The molecule has 0 amide bonds. The molecule has 4 nitrogen and oxygen atoms in total. The van der Waals surface area contributed by atoms with Gasteiger partial charge >= 0.3 is 0 Å². The van der Waals surface area contributed by atoms with E-state index in [9.17, 15) is 5.11 Å². The van der Waals surface area contributed by atoms with E-state index in [-0.39, 0.29) is 6.10 Å². The van der Waals surface area contributed by atoms with Crippen LogP contribution in [0.25, 0.3) is 0 Å². The van der Waals surface area contributed by atoms with Crippen molar-refractivity contribution in [2.24, 2.45) is 5.92 Å². The maximum atomic E-state index is 9.28.